The second-order valence-electron chi connectivity index (χ2n) is 6.00. The monoisotopic (exact) mass is 316 g/mol. The Morgan fingerprint density at radius 2 is 1.00 bits per heavy atom. The summed E-state index contributed by atoms with van der Waals surface area (Å²) >= 11 is 0. The molecule has 0 saturated carbocycles. The molecule has 0 amide bonds. The van der Waals surface area contributed by atoms with Crippen LogP contribution in [0.1, 0.15) is 24.2 Å². The van der Waals surface area contributed by atoms with E-state index < -0.39 is 0 Å². The third kappa shape index (κ3) is 3.23. The van der Waals surface area contributed by atoms with Gasteiger partial charge in [-0.3, -0.25) is 0 Å². The zero-order valence-electron chi connectivity index (χ0n) is 13.5. The van der Waals surface area contributed by atoms with Crippen LogP contribution in [-0.2, 0) is 12.8 Å². The average Bonchev–Trinajstić information content (AvgIpc) is 2.64. The van der Waals surface area contributed by atoms with Crippen LogP contribution in [0.3, 0.4) is 0 Å². The van der Waals surface area contributed by atoms with Gasteiger partial charge in [0.15, 0.2) is 11.6 Å². The fourth-order valence-electron chi connectivity index (χ4n) is 2.98. The van der Waals surface area contributed by atoms with Crippen molar-refractivity contribution in [3.05, 3.63) is 72.1 Å². The van der Waals surface area contributed by atoms with E-state index in [1.165, 1.54) is 12.8 Å². The number of aromatic nitrogens is 2. The van der Waals surface area contributed by atoms with Crippen molar-refractivity contribution in [2.75, 3.05) is 10.6 Å². The second-order valence-corrected chi connectivity index (χ2v) is 6.00. The normalized spacial score (nSPS) is 13.2. The van der Waals surface area contributed by atoms with Crippen LogP contribution in [0.4, 0.5) is 23.0 Å². The fourth-order valence-corrected chi connectivity index (χ4v) is 2.98. The molecule has 1 heterocycles. The highest BCUT2D eigenvalue weighted by atomic mass is 15.1. The molecule has 1 aliphatic carbocycles. The lowest BCUT2D eigenvalue weighted by molar-refractivity contribution is 0.651. The molecule has 0 saturated heterocycles. The van der Waals surface area contributed by atoms with Gasteiger partial charge in [-0.1, -0.05) is 36.4 Å². The summed E-state index contributed by atoms with van der Waals surface area (Å²) in [5.74, 6) is 1.57. The molecule has 4 nitrogen and oxygen atoms in total. The summed E-state index contributed by atoms with van der Waals surface area (Å²) in [6.45, 7) is 0. The van der Waals surface area contributed by atoms with Crippen molar-refractivity contribution >= 4 is 23.0 Å². The number of aryl methyl sites for hydroxylation is 2. The van der Waals surface area contributed by atoms with Crippen LogP contribution in [-0.4, -0.2) is 9.97 Å². The molecule has 0 unspecified atom stereocenters. The lowest BCUT2D eigenvalue weighted by Gasteiger charge is -2.19. The molecule has 2 aromatic carbocycles. The zero-order chi connectivity index (χ0) is 16.2. The Labute approximate surface area is 142 Å². The number of nitrogens with zero attached hydrogens (tertiary/aromatic N) is 2. The molecule has 0 spiro atoms. The SMILES string of the molecule is c1ccc(Nc2nc3c(nc2Nc2ccccc2)CCCC3)cc1. The molecule has 24 heavy (non-hydrogen) atoms. The van der Waals surface area contributed by atoms with Crippen LogP contribution in [0, 0.1) is 0 Å². The lowest BCUT2D eigenvalue weighted by atomic mass is 10.0. The first-order chi connectivity index (χ1) is 11.9. The van der Waals surface area contributed by atoms with Gasteiger partial charge in [0.1, 0.15) is 0 Å². The van der Waals surface area contributed by atoms with E-state index in [-0.39, 0.29) is 0 Å². The molecule has 0 fully saturated rings. The van der Waals surface area contributed by atoms with Crippen molar-refractivity contribution in [3.8, 4) is 0 Å². The average molecular weight is 316 g/mol. The zero-order valence-corrected chi connectivity index (χ0v) is 13.5. The molecule has 2 N–H and O–H groups in total. The highest BCUT2D eigenvalue weighted by molar-refractivity contribution is 5.72. The molecule has 0 bridgehead atoms. The van der Waals surface area contributed by atoms with E-state index >= 15 is 0 Å². The quantitative estimate of drug-likeness (QED) is 0.723. The van der Waals surface area contributed by atoms with Gasteiger partial charge < -0.3 is 10.6 Å². The van der Waals surface area contributed by atoms with Crippen LogP contribution in [0.2, 0.25) is 0 Å². The predicted molar refractivity (Wildman–Crippen MR) is 98.1 cm³/mol. The van der Waals surface area contributed by atoms with Gasteiger partial charge in [0.25, 0.3) is 0 Å². The van der Waals surface area contributed by atoms with Crippen molar-refractivity contribution in [3.63, 3.8) is 0 Å². The third-order valence-electron chi connectivity index (χ3n) is 4.20. The molecule has 3 aromatic rings. The van der Waals surface area contributed by atoms with Gasteiger partial charge in [-0.2, -0.15) is 0 Å². The van der Waals surface area contributed by atoms with Crippen LogP contribution in [0.5, 0.6) is 0 Å². The molecular formula is C20H20N4. The first-order valence-corrected chi connectivity index (χ1v) is 8.42. The van der Waals surface area contributed by atoms with E-state index in [4.69, 9.17) is 9.97 Å². The molecule has 120 valence electrons. The Kier molecular flexibility index (Phi) is 4.11. The summed E-state index contributed by atoms with van der Waals surface area (Å²) in [4.78, 5) is 9.74. The van der Waals surface area contributed by atoms with Crippen molar-refractivity contribution in [1.82, 2.24) is 9.97 Å². The largest absolute Gasteiger partial charge is 0.337 e. The molecule has 0 radical (unpaired) electrons. The van der Waals surface area contributed by atoms with Gasteiger partial charge in [0, 0.05) is 11.4 Å². The smallest absolute Gasteiger partial charge is 0.174 e. The lowest BCUT2D eigenvalue weighted by Crippen LogP contribution is -2.12. The minimum Gasteiger partial charge on any atom is -0.337 e. The van der Waals surface area contributed by atoms with Gasteiger partial charge in [-0.15, -0.1) is 0 Å². The third-order valence-corrected chi connectivity index (χ3v) is 4.20. The fraction of sp³-hybridized carbons (Fsp3) is 0.200. The Hall–Kier alpha value is -2.88. The number of benzene rings is 2. The molecule has 0 atom stereocenters. The van der Waals surface area contributed by atoms with E-state index in [1.54, 1.807) is 0 Å². The number of rotatable bonds is 4. The van der Waals surface area contributed by atoms with Crippen molar-refractivity contribution in [2.45, 2.75) is 25.7 Å². The van der Waals surface area contributed by atoms with Crippen LogP contribution < -0.4 is 10.6 Å². The molecule has 4 heteroatoms. The van der Waals surface area contributed by atoms with Gasteiger partial charge in [-0.25, -0.2) is 9.97 Å². The van der Waals surface area contributed by atoms with E-state index in [1.807, 2.05) is 60.7 Å². The number of nitrogens with one attached hydrogen (secondary N) is 2. The van der Waals surface area contributed by atoms with E-state index in [0.717, 1.165) is 47.2 Å². The number of fused-ring (bicyclic) bond motifs is 1. The Morgan fingerprint density at radius 3 is 1.42 bits per heavy atom. The number of hydrogen-bond acceptors (Lipinski definition) is 4. The second kappa shape index (κ2) is 6.71. The Bertz CT molecular complexity index is 745. The standard InChI is InChI=1S/C20H20N4/c1-3-9-15(10-4-1)21-19-20(22-16-11-5-2-6-12-16)24-18-14-8-7-13-17(18)23-19/h1-6,9-12H,7-8,13-14H2,(H,21,23)(H,22,24). The van der Waals surface area contributed by atoms with E-state index in [0.29, 0.717) is 0 Å². The maximum Gasteiger partial charge on any atom is 0.174 e. The summed E-state index contributed by atoms with van der Waals surface area (Å²) in [5, 5.41) is 6.81. The maximum atomic E-state index is 4.87. The van der Waals surface area contributed by atoms with Gasteiger partial charge in [-0.05, 0) is 49.9 Å². The molecule has 4 rings (SSSR count). The molecule has 1 aromatic heterocycles. The van der Waals surface area contributed by atoms with E-state index in [2.05, 4.69) is 10.6 Å². The highest BCUT2D eigenvalue weighted by Crippen LogP contribution is 2.29. The number of anilines is 4. The van der Waals surface area contributed by atoms with Gasteiger partial charge in [0.05, 0.1) is 11.4 Å². The number of para-hydroxylation sites is 2. The van der Waals surface area contributed by atoms with Crippen molar-refractivity contribution < 1.29 is 0 Å². The van der Waals surface area contributed by atoms with Crippen LogP contribution in [0.15, 0.2) is 60.7 Å². The summed E-state index contributed by atoms with van der Waals surface area (Å²) in [6.07, 6.45) is 4.41. The Balaban J connectivity index is 1.71. The molecule has 0 aliphatic heterocycles. The first-order valence-electron chi connectivity index (χ1n) is 8.42. The Morgan fingerprint density at radius 1 is 0.583 bits per heavy atom. The predicted octanol–water partition coefficient (Wildman–Crippen LogP) is 4.84. The topological polar surface area (TPSA) is 49.8 Å². The molecule has 1 aliphatic rings. The molecular weight excluding hydrogens is 296 g/mol. The van der Waals surface area contributed by atoms with Gasteiger partial charge >= 0.3 is 0 Å². The minimum absolute atomic E-state index is 0.783. The highest BCUT2D eigenvalue weighted by Gasteiger charge is 2.17. The van der Waals surface area contributed by atoms with Crippen molar-refractivity contribution in [2.24, 2.45) is 0 Å². The van der Waals surface area contributed by atoms with Crippen LogP contribution in [0.25, 0.3) is 0 Å². The summed E-state index contributed by atoms with van der Waals surface area (Å²) in [6, 6.07) is 20.2. The minimum atomic E-state index is 0.783. The van der Waals surface area contributed by atoms with Crippen LogP contribution >= 0.6 is 0 Å². The summed E-state index contributed by atoms with van der Waals surface area (Å²) in [5.41, 5.74) is 4.27. The van der Waals surface area contributed by atoms with Crippen molar-refractivity contribution in [1.29, 1.82) is 0 Å². The summed E-state index contributed by atoms with van der Waals surface area (Å²) in [7, 11) is 0. The maximum absolute atomic E-state index is 4.87. The van der Waals surface area contributed by atoms with Gasteiger partial charge in [0.2, 0.25) is 0 Å². The van der Waals surface area contributed by atoms with E-state index in [9.17, 15) is 0 Å². The first kappa shape index (κ1) is 14.7. The number of hydrogen-bond donors (Lipinski definition) is 2. The summed E-state index contributed by atoms with van der Waals surface area (Å²) < 4.78 is 0.